The molecule has 184 valence electrons. The van der Waals surface area contributed by atoms with E-state index in [1.807, 2.05) is 37.3 Å². The molecule has 0 fully saturated rings. The van der Waals surface area contributed by atoms with Crippen LogP contribution in [0.25, 0.3) is 11.0 Å². The highest BCUT2D eigenvalue weighted by Gasteiger charge is 2.28. The first-order valence-corrected chi connectivity index (χ1v) is 11.9. The van der Waals surface area contributed by atoms with Crippen LogP contribution in [0, 0.1) is 6.92 Å². The molecule has 1 aliphatic carbocycles. The first-order chi connectivity index (χ1) is 16.6. The van der Waals surface area contributed by atoms with Gasteiger partial charge in [-0.15, -0.1) is 0 Å². The summed E-state index contributed by atoms with van der Waals surface area (Å²) in [5, 5.41) is 3.31. The van der Waals surface area contributed by atoms with E-state index in [4.69, 9.17) is 13.9 Å². The number of carbonyl (C=O) groups excluding carboxylic acids is 2. The normalized spacial score (nSPS) is 14.2. The zero-order valence-electron chi connectivity index (χ0n) is 20.6. The molecule has 0 radical (unpaired) electrons. The molecule has 35 heavy (non-hydrogen) atoms. The van der Waals surface area contributed by atoms with Gasteiger partial charge >= 0.3 is 17.7 Å². The predicted molar refractivity (Wildman–Crippen MR) is 133 cm³/mol. The second-order valence-electron chi connectivity index (χ2n) is 10.00. The number of alkyl carbamates (subject to hydrolysis) is 1. The molecule has 2 aromatic carbocycles. The van der Waals surface area contributed by atoms with Crippen molar-refractivity contribution in [3.63, 3.8) is 0 Å². The van der Waals surface area contributed by atoms with E-state index in [2.05, 4.69) is 5.32 Å². The number of benzene rings is 2. The molecular formula is C28H31NO6. The van der Waals surface area contributed by atoms with E-state index < -0.39 is 23.7 Å². The number of fused-ring (bicyclic) bond motifs is 3. The Morgan fingerprint density at radius 3 is 2.43 bits per heavy atom. The predicted octanol–water partition coefficient (Wildman–Crippen LogP) is 5.02. The number of hydrogen-bond acceptors (Lipinski definition) is 6. The smallest absolute Gasteiger partial charge is 0.408 e. The minimum absolute atomic E-state index is 0.232. The molecule has 1 N–H and O–H groups in total. The van der Waals surface area contributed by atoms with Crippen molar-refractivity contribution in [2.24, 2.45) is 0 Å². The van der Waals surface area contributed by atoms with Crippen LogP contribution in [0.1, 0.15) is 55.9 Å². The molecule has 1 unspecified atom stereocenters. The van der Waals surface area contributed by atoms with Crippen molar-refractivity contribution in [1.29, 1.82) is 0 Å². The summed E-state index contributed by atoms with van der Waals surface area (Å²) in [5.74, 6) is -0.293. The molecule has 1 heterocycles. The fourth-order valence-corrected chi connectivity index (χ4v) is 4.42. The molecule has 1 amide bonds. The van der Waals surface area contributed by atoms with E-state index in [0.29, 0.717) is 35.1 Å². The zero-order chi connectivity index (χ0) is 25.2. The van der Waals surface area contributed by atoms with Gasteiger partial charge in [0.15, 0.2) is 0 Å². The van der Waals surface area contributed by atoms with E-state index in [1.165, 1.54) is 0 Å². The molecule has 7 nitrogen and oxygen atoms in total. The second-order valence-corrected chi connectivity index (χ2v) is 10.00. The third-order valence-electron chi connectivity index (χ3n) is 5.90. The van der Waals surface area contributed by atoms with Crippen LogP contribution in [0.15, 0.2) is 51.7 Å². The second kappa shape index (κ2) is 9.94. The Kier molecular flexibility index (Phi) is 6.96. The van der Waals surface area contributed by atoms with Gasteiger partial charge in [-0.25, -0.2) is 14.4 Å². The lowest BCUT2D eigenvalue weighted by Gasteiger charge is -2.23. The van der Waals surface area contributed by atoms with Crippen LogP contribution >= 0.6 is 0 Å². The number of carbonyl (C=O) groups is 2. The van der Waals surface area contributed by atoms with E-state index in [1.54, 1.807) is 32.9 Å². The quantitative estimate of drug-likeness (QED) is 0.315. The van der Waals surface area contributed by atoms with Crippen molar-refractivity contribution in [2.45, 2.75) is 71.4 Å². The summed E-state index contributed by atoms with van der Waals surface area (Å²) in [6.07, 6.45) is 2.76. The van der Waals surface area contributed by atoms with E-state index in [-0.39, 0.29) is 12.0 Å². The zero-order valence-corrected chi connectivity index (χ0v) is 20.6. The summed E-state index contributed by atoms with van der Waals surface area (Å²) in [6, 6.07) is 11.9. The van der Waals surface area contributed by atoms with Gasteiger partial charge in [0.05, 0.1) is 5.39 Å². The highest BCUT2D eigenvalue weighted by atomic mass is 16.6. The van der Waals surface area contributed by atoms with Gasteiger partial charge in [0.1, 0.15) is 23.0 Å². The summed E-state index contributed by atoms with van der Waals surface area (Å²) in [7, 11) is 0. The fraction of sp³-hybridized carbons (Fsp3) is 0.393. The molecular weight excluding hydrogens is 446 g/mol. The molecule has 1 aromatic heterocycles. The van der Waals surface area contributed by atoms with Gasteiger partial charge in [0.25, 0.3) is 0 Å². The summed E-state index contributed by atoms with van der Waals surface area (Å²) in [4.78, 5) is 38.5. The topological polar surface area (TPSA) is 94.8 Å². The third kappa shape index (κ3) is 5.91. The molecule has 1 aliphatic rings. The van der Waals surface area contributed by atoms with Crippen molar-refractivity contribution in [2.75, 3.05) is 0 Å². The van der Waals surface area contributed by atoms with Gasteiger partial charge in [-0.1, -0.05) is 30.3 Å². The van der Waals surface area contributed by atoms with Crippen molar-refractivity contribution < 1.29 is 23.5 Å². The molecule has 0 saturated carbocycles. The summed E-state index contributed by atoms with van der Waals surface area (Å²) in [6.45, 7) is 7.11. The highest BCUT2D eigenvalue weighted by molar-refractivity contribution is 5.92. The van der Waals surface area contributed by atoms with Crippen molar-refractivity contribution in [1.82, 2.24) is 5.32 Å². The molecule has 7 heteroatoms. The van der Waals surface area contributed by atoms with Crippen LogP contribution in [0.4, 0.5) is 4.79 Å². The Bertz CT molecular complexity index is 1300. The number of ether oxygens (including phenoxy) is 2. The molecule has 0 spiro atoms. The molecule has 4 rings (SSSR count). The van der Waals surface area contributed by atoms with Crippen LogP contribution in [0.2, 0.25) is 0 Å². The first kappa shape index (κ1) is 24.5. The Morgan fingerprint density at radius 1 is 1.06 bits per heavy atom. The minimum atomic E-state index is -0.977. The van der Waals surface area contributed by atoms with E-state index >= 15 is 0 Å². The lowest BCUT2D eigenvalue weighted by molar-refractivity contribution is -0.136. The average molecular weight is 478 g/mol. The van der Waals surface area contributed by atoms with Crippen LogP contribution in [0.3, 0.4) is 0 Å². The fourth-order valence-electron chi connectivity index (χ4n) is 4.42. The molecule has 0 bridgehead atoms. The summed E-state index contributed by atoms with van der Waals surface area (Å²) >= 11 is 0. The minimum Gasteiger partial charge on any atom is -0.444 e. The third-order valence-corrected chi connectivity index (χ3v) is 5.90. The van der Waals surface area contributed by atoms with Gasteiger partial charge in [-0.05, 0) is 82.2 Å². The first-order valence-electron chi connectivity index (χ1n) is 11.9. The van der Waals surface area contributed by atoms with Crippen molar-refractivity contribution in [3.8, 4) is 5.75 Å². The molecule has 1 atom stereocenters. The molecule has 3 aromatic rings. The van der Waals surface area contributed by atoms with Gasteiger partial charge in [-0.3, -0.25) is 0 Å². The van der Waals surface area contributed by atoms with Gasteiger partial charge in [0.2, 0.25) is 0 Å². The maximum Gasteiger partial charge on any atom is 0.408 e. The van der Waals surface area contributed by atoms with Gasteiger partial charge in [-0.2, -0.15) is 0 Å². The number of amides is 1. The van der Waals surface area contributed by atoms with Crippen LogP contribution in [-0.2, 0) is 28.8 Å². The lowest BCUT2D eigenvalue weighted by atomic mass is 9.90. The lowest BCUT2D eigenvalue weighted by Crippen LogP contribution is -2.46. The number of hydrogen-bond donors (Lipinski definition) is 1. The highest BCUT2D eigenvalue weighted by Crippen LogP contribution is 2.35. The van der Waals surface area contributed by atoms with Crippen LogP contribution in [-0.4, -0.2) is 23.7 Å². The molecule has 0 saturated heterocycles. The molecule has 0 aliphatic heterocycles. The summed E-state index contributed by atoms with van der Waals surface area (Å²) in [5.41, 5.74) is 2.54. The Labute approximate surface area is 204 Å². The number of nitrogens with one attached hydrogen (secondary N) is 1. The number of aryl methyl sites for hydroxylation is 2. The van der Waals surface area contributed by atoms with Gasteiger partial charge in [0, 0.05) is 12.0 Å². The Balaban J connectivity index is 1.69. The SMILES string of the molecule is Cc1cc(OC(=O)C(Cc2ccccc2)NC(=O)OC(C)(C)C)c2c3c(c(=O)oc2c1)CCCC3. The van der Waals surface area contributed by atoms with E-state index in [0.717, 1.165) is 29.5 Å². The number of rotatable bonds is 5. The van der Waals surface area contributed by atoms with Gasteiger partial charge < -0.3 is 19.2 Å². The van der Waals surface area contributed by atoms with Crippen LogP contribution < -0.4 is 15.7 Å². The largest absolute Gasteiger partial charge is 0.444 e. The van der Waals surface area contributed by atoms with E-state index in [9.17, 15) is 14.4 Å². The van der Waals surface area contributed by atoms with Crippen molar-refractivity contribution >= 4 is 23.0 Å². The summed E-state index contributed by atoms with van der Waals surface area (Å²) < 4.78 is 16.9. The number of esters is 1. The van der Waals surface area contributed by atoms with Crippen LogP contribution in [0.5, 0.6) is 5.75 Å². The standard InChI is InChI=1S/C28H31NO6/c1-17-14-22-24(19-12-8-9-13-20(19)25(30)33-22)23(15-17)34-26(31)21(16-18-10-6-5-7-11-18)29-27(32)35-28(2,3)4/h5-7,10-11,14-15,21H,8-9,12-13,16H2,1-4H3,(H,29,32). The average Bonchev–Trinajstić information content (AvgIpc) is 2.78. The monoisotopic (exact) mass is 477 g/mol. The Morgan fingerprint density at radius 2 is 1.74 bits per heavy atom. The Hall–Kier alpha value is -3.61. The van der Waals surface area contributed by atoms with Crippen molar-refractivity contribution in [3.05, 3.63) is 75.1 Å². The maximum atomic E-state index is 13.4. The maximum absolute atomic E-state index is 13.4.